The van der Waals surface area contributed by atoms with Gasteiger partial charge in [-0.15, -0.1) is 0 Å². The molecule has 14 heteroatoms. The second kappa shape index (κ2) is 13.7. The Balaban J connectivity index is 2.00. The van der Waals surface area contributed by atoms with Crippen LogP contribution in [0.1, 0.15) is 38.2 Å². The maximum absolute atomic E-state index is 12.7. The number of carboxylic acid groups (broad SMARTS) is 3. The maximum atomic E-state index is 12.7. The van der Waals surface area contributed by atoms with Gasteiger partial charge in [0.05, 0.1) is 6.04 Å². The van der Waals surface area contributed by atoms with Crippen molar-refractivity contribution < 1.29 is 44.1 Å². The third-order valence-corrected chi connectivity index (χ3v) is 5.74. The lowest BCUT2D eigenvalue weighted by atomic mass is 10.0. The predicted octanol–water partition coefficient (Wildman–Crippen LogP) is -0.674. The first kappa shape index (κ1) is 29.8. The van der Waals surface area contributed by atoms with Crippen LogP contribution >= 0.6 is 0 Å². The van der Waals surface area contributed by atoms with Gasteiger partial charge in [-0.2, -0.15) is 0 Å². The van der Waals surface area contributed by atoms with E-state index in [1.54, 1.807) is 6.20 Å². The number of nitrogens with two attached hydrogens (primary N) is 1. The molecule has 3 amide bonds. The third-order valence-electron chi connectivity index (χ3n) is 5.74. The summed E-state index contributed by atoms with van der Waals surface area (Å²) in [7, 11) is 0. The molecule has 14 nitrogen and oxygen atoms in total. The summed E-state index contributed by atoms with van der Waals surface area (Å²) in [6.07, 6.45) is 0.0592. The molecular formula is C24H31N5O9. The second-order valence-corrected chi connectivity index (χ2v) is 8.73. The number of fused-ring (bicyclic) bond motifs is 1. The topological polar surface area (TPSA) is 241 Å². The number of para-hydroxylation sites is 1. The van der Waals surface area contributed by atoms with Gasteiger partial charge in [0.1, 0.15) is 18.1 Å². The Hall–Kier alpha value is -4.46. The van der Waals surface area contributed by atoms with Crippen molar-refractivity contribution in [3.63, 3.8) is 0 Å². The molecule has 2 aromatic rings. The van der Waals surface area contributed by atoms with Gasteiger partial charge in [-0.1, -0.05) is 18.2 Å². The fourth-order valence-electron chi connectivity index (χ4n) is 3.65. The van der Waals surface area contributed by atoms with Gasteiger partial charge in [-0.25, -0.2) is 4.79 Å². The van der Waals surface area contributed by atoms with E-state index in [1.807, 2.05) is 24.3 Å². The number of carboxylic acids is 3. The zero-order valence-electron chi connectivity index (χ0n) is 20.6. The van der Waals surface area contributed by atoms with E-state index in [2.05, 4.69) is 20.9 Å². The minimum Gasteiger partial charge on any atom is -0.481 e. The summed E-state index contributed by atoms with van der Waals surface area (Å²) in [4.78, 5) is 74.2. The summed E-state index contributed by atoms with van der Waals surface area (Å²) in [5.74, 6) is -6.50. The minimum absolute atomic E-state index is 0.181. The van der Waals surface area contributed by atoms with Crippen LogP contribution in [0.15, 0.2) is 30.5 Å². The van der Waals surface area contributed by atoms with Gasteiger partial charge in [-0.05, 0) is 37.8 Å². The number of carbonyl (C=O) groups is 6. The summed E-state index contributed by atoms with van der Waals surface area (Å²) in [6, 6.07) is 2.27. The number of aliphatic carboxylic acids is 3. The fourth-order valence-corrected chi connectivity index (χ4v) is 3.65. The largest absolute Gasteiger partial charge is 0.481 e. The maximum Gasteiger partial charge on any atom is 0.326 e. The predicted molar refractivity (Wildman–Crippen MR) is 133 cm³/mol. The van der Waals surface area contributed by atoms with Crippen LogP contribution < -0.4 is 21.7 Å². The van der Waals surface area contributed by atoms with Crippen LogP contribution in [0.2, 0.25) is 0 Å². The summed E-state index contributed by atoms with van der Waals surface area (Å²) >= 11 is 0. The normalized spacial score (nSPS) is 14.1. The molecule has 2 rings (SSSR count). The monoisotopic (exact) mass is 533 g/mol. The summed E-state index contributed by atoms with van der Waals surface area (Å²) in [5.41, 5.74) is 7.71. The molecule has 0 spiro atoms. The Morgan fingerprint density at radius 1 is 0.842 bits per heavy atom. The molecule has 0 bridgehead atoms. The molecule has 206 valence electrons. The van der Waals surface area contributed by atoms with Crippen molar-refractivity contribution in [2.45, 2.75) is 63.2 Å². The van der Waals surface area contributed by atoms with E-state index in [4.69, 9.17) is 15.9 Å². The molecule has 0 saturated heterocycles. The molecule has 38 heavy (non-hydrogen) atoms. The Morgan fingerprint density at radius 2 is 1.42 bits per heavy atom. The number of benzene rings is 1. The number of aromatic amines is 1. The van der Waals surface area contributed by atoms with Crippen molar-refractivity contribution >= 4 is 46.5 Å². The van der Waals surface area contributed by atoms with Crippen molar-refractivity contribution in [3.05, 3.63) is 36.0 Å². The van der Waals surface area contributed by atoms with E-state index in [1.165, 1.54) is 6.92 Å². The van der Waals surface area contributed by atoms with E-state index in [0.29, 0.717) is 0 Å². The van der Waals surface area contributed by atoms with Gasteiger partial charge in [0.25, 0.3) is 0 Å². The van der Waals surface area contributed by atoms with Crippen LogP contribution in [0.25, 0.3) is 10.9 Å². The van der Waals surface area contributed by atoms with Gasteiger partial charge in [0.2, 0.25) is 17.7 Å². The highest BCUT2D eigenvalue weighted by molar-refractivity contribution is 5.94. The van der Waals surface area contributed by atoms with Crippen LogP contribution in [0.4, 0.5) is 0 Å². The van der Waals surface area contributed by atoms with Gasteiger partial charge in [0, 0.05) is 29.9 Å². The average molecular weight is 534 g/mol. The number of carbonyl (C=O) groups excluding carboxylic acids is 3. The van der Waals surface area contributed by atoms with Gasteiger partial charge in [-0.3, -0.25) is 24.0 Å². The number of hydrogen-bond acceptors (Lipinski definition) is 7. The van der Waals surface area contributed by atoms with Crippen LogP contribution in [0, 0.1) is 0 Å². The Bertz CT molecular complexity index is 1190. The quantitative estimate of drug-likeness (QED) is 0.143. The Morgan fingerprint density at radius 3 is 2.03 bits per heavy atom. The van der Waals surface area contributed by atoms with Gasteiger partial charge >= 0.3 is 17.9 Å². The van der Waals surface area contributed by atoms with E-state index in [0.717, 1.165) is 16.5 Å². The molecule has 1 heterocycles. The molecule has 0 saturated carbocycles. The van der Waals surface area contributed by atoms with Crippen molar-refractivity contribution in [3.8, 4) is 0 Å². The molecule has 0 fully saturated rings. The van der Waals surface area contributed by atoms with Crippen LogP contribution in [-0.2, 0) is 35.2 Å². The zero-order valence-corrected chi connectivity index (χ0v) is 20.6. The molecule has 4 unspecified atom stereocenters. The smallest absolute Gasteiger partial charge is 0.326 e. The molecule has 1 aromatic heterocycles. The van der Waals surface area contributed by atoms with E-state index >= 15 is 0 Å². The average Bonchev–Trinajstić information content (AvgIpc) is 3.26. The standard InChI is InChI=1S/C24H31N5O9/c1-12(27-22(35)15(25)10-13-11-26-16-5-3-2-4-14(13)16)21(34)28-17(6-8-19(30)31)23(36)29-18(24(37)38)7-9-20(32)33/h2-5,11-12,15,17-18,26H,6-10,25H2,1H3,(H,27,35)(H,28,34)(H,29,36)(H,30,31)(H,32,33)(H,37,38). The summed E-state index contributed by atoms with van der Waals surface area (Å²) in [5, 5.41) is 34.8. The number of hydrogen-bond donors (Lipinski definition) is 8. The molecule has 9 N–H and O–H groups in total. The van der Waals surface area contributed by atoms with Gasteiger partial charge < -0.3 is 42.0 Å². The molecular weight excluding hydrogens is 502 g/mol. The first-order chi connectivity index (χ1) is 17.9. The van der Waals surface area contributed by atoms with Crippen molar-refractivity contribution in [2.75, 3.05) is 0 Å². The lowest BCUT2D eigenvalue weighted by molar-refractivity contribution is -0.144. The third kappa shape index (κ3) is 8.89. The van der Waals surface area contributed by atoms with Crippen molar-refractivity contribution in [1.29, 1.82) is 0 Å². The highest BCUT2D eigenvalue weighted by atomic mass is 16.4. The van der Waals surface area contributed by atoms with Crippen LogP contribution in [0.3, 0.4) is 0 Å². The molecule has 4 atom stereocenters. The molecule has 0 aliphatic rings. The number of H-pyrrole nitrogens is 1. The number of aromatic nitrogens is 1. The number of rotatable bonds is 15. The lowest BCUT2D eigenvalue weighted by Crippen LogP contribution is -2.56. The summed E-state index contributed by atoms with van der Waals surface area (Å²) in [6.45, 7) is 1.34. The second-order valence-electron chi connectivity index (χ2n) is 8.73. The molecule has 1 aromatic carbocycles. The fraction of sp³-hybridized carbons (Fsp3) is 0.417. The zero-order chi connectivity index (χ0) is 28.4. The highest BCUT2D eigenvalue weighted by Crippen LogP contribution is 2.18. The van der Waals surface area contributed by atoms with Crippen molar-refractivity contribution in [1.82, 2.24) is 20.9 Å². The first-order valence-corrected chi connectivity index (χ1v) is 11.8. The van der Waals surface area contributed by atoms with Gasteiger partial charge in [0.15, 0.2) is 0 Å². The van der Waals surface area contributed by atoms with Crippen LogP contribution in [-0.4, -0.2) is 80.1 Å². The number of amides is 3. The molecule has 0 aliphatic carbocycles. The SMILES string of the molecule is CC(NC(=O)C(N)Cc1c[nH]c2ccccc12)C(=O)NC(CCC(=O)O)C(=O)NC(CCC(=O)O)C(=O)O. The van der Waals surface area contributed by atoms with E-state index < -0.39 is 79.1 Å². The highest BCUT2D eigenvalue weighted by Gasteiger charge is 2.29. The Labute approximate surface area is 217 Å². The van der Waals surface area contributed by atoms with E-state index in [9.17, 15) is 33.9 Å². The van der Waals surface area contributed by atoms with E-state index in [-0.39, 0.29) is 12.8 Å². The number of nitrogens with one attached hydrogen (secondary N) is 4. The molecule has 0 radical (unpaired) electrons. The molecule has 0 aliphatic heterocycles. The Kier molecular flexibility index (Phi) is 10.8. The minimum atomic E-state index is -1.57. The first-order valence-electron chi connectivity index (χ1n) is 11.8. The van der Waals surface area contributed by atoms with Crippen molar-refractivity contribution in [2.24, 2.45) is 5.73 Å². The lowest BCUT2D eigenvalue weighted by Gasteiger charge is -2.23. The van der Waals surface area contributed by atoms with Crippen LogP contribution in [0.5, 0.6) is 0 Å². The summed E-state index contributed by atoms with van der Waals surface area (Å²) < 4.78 is 0.